The molecule has 2 aliphatic rings. The monoisotopic (exact) mass is 209 g/mol. The molecule has 15 heavy (non-hydrogen) atoms. The van der Waals surface area contributed by atoms with Crippen LogP contribution in [0, 0.1) is 5.92 Å². The topological polar surface area (TPSA) is 23.5 Å². The predicted octanol–water partition coefficient (Wildman–Crippen LogP) is 2.19. The number of hydrogen-bond acceptors (Lipinski definition) is 2. The minimum absolute atomic E-state index is 0.0703. The van der Waals surface area contributed by atoms with Gasteiger partial charge in [0.15, 0.2) is 0 Å². The van der Waals surface area contributed by atoms with E-state index in [4.69, 9.17) is 0 Å². The zero-order valence-electron chi connectivity index (χ0n) is 9.57. The molecule has 1 heterocycles. The molecule has 1 N–H and O–H groups in total. The number of allylic oxidation sites excluding steroid dienone is 1. The van der Waals surface area contributed by atoms with Gasteiger partial charge in [-0.25, -0.2) is 0 Å². The molecule has 2 unspecified atom stereocenters. The van der Waals surface area contributed by atoms with Gasteiger partial charge in [0.25, 0.3) is 0 Å². The lowest BCUT2D eigenvalue weighted by molar-refractivity contribution is 0.00702. The standard InChI is InChI=1S/C13H23NO/c1-2-11-7-9-14(10-8-11)12-5-3-4-6-13(12)15/h2,11-13,15H,1,3-10H2. The molecule has 0 aromatic carbocycles. The van der Waals surface area contributed by atoms with Crippen molar-refractivity contribution in [2.45, 2.75) is 50.7 Å². The Morgan fingerprint density at radius 2 is 1.73 bits per heavy atom. The Morgan fingerprint density at radius 3 is 2.33 bits per heavy atom. The summed E-state index contributed by atoms with van der Waals surface area (Å²) >= 11 is 0. The van der Waals surface area contributed by atoms with Crippen molar-refractivity contribution in [2.75, 3.05) is 13.1 Å². The summed E-state index contributed by atoms with van der Waals surface area (Å²) in [6.07, 6.45) is 9.18. The van der Waals surface area contributed by atoms with Crippen LogP contribution in [0.2, 0.25) is 0 Å². The van der Waals surface area contributed by atoms with Gasteiger partial charge in [0.2, 0.25) is 0 Å². The highest BCUT2D eigenvalue weighted by molar-refractivity contribution is 4.89. The molecule has 2 rings (SSSR count). The minimum atomic E-state index is -0.0703. The molecule has 0 aromatic heterocycles. The van der Waals surface area contributed by atoms with Crippen molar-refractivity contribution in [3.05, 3.63) is 12.7 Å². The molecular formula is C13H23NO. The molecule has 0 radical (unpaired) electrons. The fourth-order valence-electron chi connectivity index (χ4n) is 3.00. The summed E-state index contributed by atoms with van der Waals surface area (Å²) in [7, 11) is 0. The van der Waals surface area contributed by atoms with Gasteiger partial charge >= 0.3 is 0 Å². The average Bonchev–Trinajstić information content (AvgIpc) is 2.30. The Morgan fingerprint density at radius 1 is 1.07 bits per heavy atom. The second-order valence-corrected chi connectivity index (χ2v) is 5.03. The molecule has 1 saturated heterocycles. The van der Waals surface area contributed by atoms with Gasteiger partial charge in [-0.05, 0) is 44.7 Å². The largest absolute Gasteiger partial charge is 0.391 e. The third-order valence-electron chi connectivity index (χ3n) is 4.07. The zero-order chi connectivity index (χ0) is 10.7. The van der Waals surface area contributed by atoms with Crippen molar-refractivity contribution in [3.63, 3.8) is 0 Å². The van der Waals surface area contributed by atoms with Crippen molar-refractivity contribution in [1.82, 2.24) is 4.90 Å². The van der Waals surface area contributed by atoms with E-state index in [2.05, 4.69) is 17.6 Å². The Kier molecular flexibility index (Phi) is 3.81. The van der Waals surface area contributed by atoms with Crippen molar-refractivity contribution in [1.29, 1.82) is 0 Å². The lowest BCUT2D eigenvalue weighted by Crippen LogP contribution is -2.48. The van der Waals surface area contributed by atoms with E-state index < -0.39 is 0 Å². The molecule has 2 nitrogen and oxygen atoms in total. The Bertz CT molecular complexity index is 209. The first-order chi connectivity index (χ1) is 7.31. The molecule has 2 fully saturated rings. The summed E-state index contributed by atoms with van der Waals surface area (Å²) in [4.78, 5) is 2.50. The van der Waals surface area contributed by atoms with E-state index in [1.807, 2.05) is 0 Å². The summed E-state index contributed by atoms with van der Waals surface area (Å²) in [5.41, 5.74) is 0. The van der Waals surface area contributed by atoms with Crippen LogP contribution in [0.3, 0.4) is 0 Å². The number of likely N-dealkylation sites (tertiary alicyclic amines) is 1. The molecule has 1 aliphatic carbocycles. The molecule has 1 aliphatic heterocycles. The van der Waals surface area contributed by atoms with Crippen molar-refractivity contribution in [2.24, 2.45) is 5.92 Å². The number of aliphatic hydroxyl groups excluding tert-OH is 1. The summed E-state index contributed by atoms with van der Waals surface area (Å²) in [5.74, 6) is 0.710. The van der Waals surface area contributed by atoms with E-state index >= 15 is 0 Å². The fraction of sp³-hybridized carbons (Fsp3) is 0.846. The normalized spacial score (nSPS) is 35.3. The van der Waals surface area contributed by atoms with Crippen LogP contribution < -0.4 is 0 Å². The molecule has 1 saturated carbocycles. The van der Waals surface area contributed by atoms with Crippen LogP contribution in [0.25, 0.3) is 0 Å². The van der Waals surface area contributed by atoms with Gasteiger partial charge in [0, 0.05) is 6.04 Å². The third-order valence-corrected chi connectivity index (χ3v) is 4.07. The summed E-state index contributed by atoms with van der Waals surface area (Å²) in [6, 6.07) is 0.449. The quantitative estimate of drug-likeness (QED) is 0.705. The van der Waals surface area contributed by atoms with E-state index in [9.17, 15) is 5.11 Å². The van der Waals surface area contributed by atoms with Crippen molar-refractivity contribution < 1.29 is 5.11 Å². The summed E-state index contributed by atoms with van der Waals surface area (Å²) in [6.45, 7) is 6.17. The number of rotatable bonds is 2. The van der Waals surface area contributed by atoms with E-state index in [1.54, 1.807) is 0 Å². The first kappa shape index (κ1) is 11.2. The van der Waals surface area contributed by atoms with E-state index in [0.717, 1.165) is 19.5 Å². The van der Waals surface area contributed by atoms with E-state index in [-0.39, 0.29) is 6.10 Å². The lowest BCUT2D eigenvalue weighted by atomic mass is 9.88. The second-order valence-electron chi connectivity index (χ2n) is 5.03. The van der Waals surface area contributed by atoms with Gasteiger partial charge in [-0.3, -0.25) is 4.90 Å². The molecule has 0 amide bonds. The number of nitrogens with zero attached hydrogens (tertiary/aromatic N) is 1. The summed E-state index contributed by atoms with van der Waals surface area (Å²) < 4.78 is 0. The molecule has 0 bridgehead atoms. The van der Waals surface area contributed by atoms with Gasteiger partial charge in [-0.15, -0.1) is 6.58 Å². The van der Waals surface area contributed by atoms with Crippen LogP contribution in [0.15, 0.2) is 12.7 Å². The Balaban J connectivity index is 1.86. The van der Waals surface area contributed by atoms with Crippen LogP contribution in [-0.4, -0.2) is 35.2 Å². The van der Waals surface area contributed by atoms with E-state index in [0.29, 0.717) is 12.0 Å². The molecule has 2 atom stereocenters. The fourth-order valence-corrected chi connectivity index (χ4v) is 3.00. The van der Waals surface area contributed by atoms with E-state index in [1.165, 1.54) is 32.1 Å². The summed E-state index contributed by atoms with van der Waals surface area (Å²) in [5, 5.41) is 9.98. The average molecular weight is 209 g/mol. The maximum Gasteiger partial charge on any atom is 0.0695 e. The molecule has 86 valence electrons. The SMILES string of the molecule is C=CC1CCN(C2CCCCC2O)CC1. The highest BCUT2D eigenvalue weighted by Crippen LogP contribution is 2.27. The highest BCUT2D eigenvalue weighted by atomic mass is 16.3. The van der Waals surface area contributed by atoms with Gasteiger partial charge in [0.05, 0.1) is 6.10 Å². The highest BCUT2D eigenvalue weighted by Gasteiger charge is 2.30. The van der Waals surface area contributed by atoms with Crippen molar-refractivity contribution >= 4 is 0 Å². The minimum Gasteiger partial charge on any atom is -0.391 e. The third kappa shape index (κ3) is 2.61. The predicted molar refractivity (Wildman–Crippen MR) is 62.8 cm³/mol. The molecular weight excluding hydrogens is 186 g/mol. The smallest absolute Gasteiger partial charge is 0.0695 e. The van der Waals surface area contributed by atoms with Crippen LogP contribution >= 0.6 is 0 Å². The van der Waals surface area contributed by atoms with Crippen molar-refractivity contribution in [3.8, 4) is 0 Å². The number of hydrogen-bond donors (Lipinski definition) is 1. The van der Waals surface area contributed by atoms with Crippen LogP contribution in [0.5, 0.6) is 0 Å². The van der Waals surface area contributed by atoms with Gasteiger partial charge in [0.1, 0.15) is 0 Å². The molecule has 2 heteroatoms. The Labute approximate surface area is 93.0 Å². The van der Waals surface area contributed by atoms with Gasteiger partial charge in [-0.2, -0.15) is 0 Å². The van der Waals surface area contributed by atoms with Gasteiger partial charge < -0.3 is 5.11 Å². The first-order valence-corrected chi connectivity index (χ1v) is 6.36. The molecule has 0 aromatic rings. The second kappa shape index (κ2) is 5.13. The van der Waals surface area contributed by atoms with Crippen LogP contribution in [-0.2, 0) is 0 Å². The number of piperidine rings is 1. The number of aliphatic hydroxyl groups is 1. The molecule has 0 spiro atoms. The van der Waals surface area contributed by atoms with Crippen LogP contribution in [0.4, 0.5) is 0 Å². The maximum atomic E-state index is 9.98. The maximum absolute atomic E-state index is 9.98. The zero-order valence-corrected chi connectivity index (χ0v) is 9.57. The first-order valence-electron chi connectivity index (χ1n) is 6.36. The lowest BCUT2D eigenvalue weighted by Gasteiger charge is -2.41. The van der Waals surface area contributed by atoms with Gasteiger partial charge in [-0.1, -0.05) is 18.9 Å². The van der Waals surface area contributed by atoms with Crippen LogP contribution in [0.1, 0.15) is 38.5 Å². The Hall–Kier alpha value is -0.340.